The Bertz CT molecular complexity index is 373. The molecule has 1 atom stereocenters. The van der Waals surface area contributed by atoms with Crippen molar-refractivity contribution in [2.75, 3.05) is 0 Å². The van der Waals surface area contributed by atoms with Gasteiger partial charge in [-0.25, -0.2) is 0 Å². The smallest absolute Gasteiger partial charge is 0.140 e. The van der Waals surface area contributed by atoms with Crippen LogP contribution in [0.2, 0.25) is 0 Å². The normalized spacial score (nSPS) is 13.1. The summed E-state index contributed by atoms with van der Waals surface area (Å²) in [6, 6.07) is 5.29. The molecule has 0 aromatic carbocycles. The maximum atomic E-state index is 9.74. The Balaban J connectivity index is 2.28. The number of aliphatic hydroxyl groups excluding tert-OH is 1. The van der Waals surface area contributed by atoms with Gasteiger partial charge in [0.05, 0.1) is 12.5 Å². The molecule has 0 saturated carbocycles. The Morgan fingerprint density at radius 2 is 2.15 bits per heavy atom. The predicted molar refractivity (Wildman–Crippen MR) is 46.2 cm³/mol. The lowest BCUT2D eigenvalue weighted by Crippen LogP contribution is -1.95. The quantitative estimate of drug-likeness (QED) is 0.767. The standard InChI is InChI=1S/C10H10O3/c1-7-2-3-9(13-7)10(11)8-4-5-12-6-8/h2-6,10-11H,1H3. The molecule has 2 aromatic heterocycles. The van der Waals surface area contributed by atoms with Gasteiger partial charge in [0.1, 0.15) is 17.6 Å². The Hall–Kier alpha value is -1.48. The zero-order valence-corrected chi connectivity index (χ0v) is 7.23. The molecule has 2 aromatic rings. The Labute approximate surface area is 75.6 Å². The monoisotopic (exact) mass is 178 g/mol. The first-order valence-corrected chi connectivity index (χ1v) is 4.04. The molecular formula is C10H10O3. The third kappa shape index (κ3) is 1.51. The van der Waals surface area contributed by atoms with Gasteiger partial charge < -0.3 is 13.9 Å². The fourth-order valence-electron chi connectivity index (χ4n) is 1.20. The molecule has 0 amide bonds. The summed E-state index contributed by atoms with van der Waals surface area (Å²) in [6.45, 7) is 1.84. The maximum Gasteiger partial charge on any atom is 0.140 e. The van der Waals surface area contributed by atoms with Gasteiger partial charge in [0.25, 0.3) is 0 Å². The summed E-state index contributed by atoms with van der Waals surface area (Å²) in [6.07, 6.45) is 2.30. The predicted octanol–water partition coefficient (Wildman–Crippen LogP) is 2.26. The third-order valence-corrected chi connectivity index (χ3v) is 1.89. The van der Waals surface area contributed by atoms with Crippen molar-refractivity contribution in [2.45, 2.75) is 13.0 Å². The van der Waals surface area contributed by atoms with Gasteiger partial charge >= 0.3 is 0 Å². The van der Waals surface area contributed by atoms with Crippen LogP contribution in [-0.2, 0) is 0 Å². The van der Waals surface area contributed by atoms with Gasteiger partial charge in [-0.05, 0) is 25.1 Å². The highest BCUT2D eigenvalue weighted by Gasteiger charge is 2.14. The molecule has 13 heavy (non-hydrogen) atoms. The Morgan fingerprint density at radius 1 is 1.31 bits per heavy atom. The van der Waals surface area contributed by atoms with Crippen LogP contribution in [0.25, 0.3) is 0 Å². The topological polar surface area (TPSA) is 46.5 Å². The zero-order chi connectivity index (χ0) is 9.26. The molecule has 0 saturated heterocycles. The van der Waals surface area contributed by atoms with Gasteiger partial charge in [-0.15, -0.1) is 0 Å². The number of furan rings is 2. The average Bonchev–Trinajstić information content (AvgIpc) is 2.72. The first-order chi connectivity index (χ1) is 6.27. The van der Waals surface area contributed by atoms with E-state index in [9.17, 15) is 5.11 Å². The molecule has 0 spiro atoms. The van der Waals surface area contributed by atoms with Crippen LogP contribution in [0.4, 0.5) is 0 Å². The van der Waals surface area contributed by atoms with Gasteiger partial charge in [0.2, 0.25) is 0 Å². The number of hydrogen-bond donors (Lipinski definition) is 1. The minimum absolute atomic E-state index is 0.541. The van der Waals surface area contributed by atoms with Crippen molar-refractivity contribution in [3.63, 3.8) is 0 Å². The van der Waals surface area contributed by atoms with E-state index in [0.29, 0.717) is 11.3 Å². The van der Waals surface area contributed by atoms with Crippen LogP contribution in [0.5, 0.6) is 0 Å². The Morgan fingerprint density at radius 3 is 2.69 bits per heavy atom. The largest absolute Gasteiger partial charge is 0.472 e. The van der Waals surface area contributed by atoms with Gasteiger partial charge in [-0.3, -0.25) is 0 Å². The lowest BCUT2D eigenvalue weighted by atomic mass is 10.1. The van der Waals surface area contributed by atoms with E-state index in [2.05, 4.69) is 0 Å². The van der Waals surface area contributed by atoms with Crippen molar-refractivity contribution in [1.29, 1.82) is 0 Å². The molecule has 0 radical (unpaired) electrons. The fourth-order valence-corrected chi connectivity index (χ4v) is 1.20. The highest BCUT2D eigenvalue weighted by atomic mass is 16.4. The van der Waals surface area contributed by atoms with E-state index >= 15 is 0 Å². The van der Waals surface area contributed by atoms with Gasteiger partial charge in [-0.1, -0.05) is 0 Å². The van der Waals surface area contributed by atoms with E-state index in [-0.39, 0.29) is 0 Å². The lowest BCUT2D eigenvalue weighted by molar-refractivity contribution is 0.187. The summed E-state index contributed by atoms with van der Waals surface area (Å²) in [5, 5.41) is 9.74. The molecule has 68 valence electrons. The first-order valence-electron chi connectivity index (χ1n) is 4.04. The number of rotatable bonds is 2. The molecule has 0 aliphatic rings. The summed E-state index contributed by atoms with van der Waals surface area (Å²) in [7, 11) is 0. The van der Waals surface area contributed by atoms with Crippen molar-refractivity contribution in [3.05, 3.63) is 47.8 Å². The van der Waals surface area contributed by atoms with Crippen LogP contribution in [0, 0.1) is 6.92 Å². The second-order valence-electron chi connectivity index (χ2n) is 2.91. The van der Waals surface area contributed by atoms with Crippen molar-refractivity contribution in [2.24, 2.45) is 0 Å². The minimum atomic E-state index is -0.729. The van der Waals surface area contributed by atoms with Crippen molar-refractivity contribution in [3.8, 4) is 0 Å². The van der Waals surface area contributed by atoms with Crippen molar-refractivity contribution < 1.29 is 13.9 Å². The van der Waals surface area contributed by atoms with Crippen LogP contribution < -0.4 is 0 Å². The second-order valence-corrected chi connectivity index (χ2v) is 2.91. The lowest BCUT2D eigenvalue weighted by Gasteiger charge is -2.03. The summed E-state index contributed by atoms with van der Waals surface area (Å²) in [5.41, 5.74) is 0.703. The van der Waals surface area contributed by atoms with Gasteiger partial charge in [-0.2, -0.15) is 0 Å². The molecule has 0 fully saturated rings. The molecule has 2 heterocycles. The molecule has 1 N–H and O–H groups in total. The molecular weight excluding hydrogens is 168 g/mol. The van der Waals surface area contributed by atoms with Gasteiger partial charge in [0, 0.05) is 5.56 Å². The fraction of sp³-hybridized carbons (Fsp3) is 0.200. The number of aliphatic hydroxyl groups is 1. The van der Waals surface area contributed by atoms with E-state index in [4.69, 9.17) is 8.83 Å². The molecule has 0 bridgehead atoms. The van der Waals surface area contributed by atoms with E-state index in [1.807, 2.05) is 13.0 Å². The SMILES string of the molecule is Cc1ccc(C(O)c2ccoc2)o1. The first kappa shape index (κ1) is 8.13. The summed E-state index contributed by atoms with van der Waals surface area (Å²) in [4.78, 5) is 0. The molecule has 2 rings (SSSR count). The van der Waals surface area contributed by atoms with Crippen LogP contribution in [0.3, 0.4) is 0 Å². The van der Waals surface area contributed by atoms with Crippen LogP contribution in [0.1, 0.15) is 23.2 Å². The van der Waals surface area contributed by atoms with Crippen LogP contribution in [-0.4, -0.2) is 5.11 Å². The number of hydrogen-bond acceptors (Lipinski definition) is 3. The van der Waals surface area contributed by atoms with Gasteiger partial charge in [0.15, 0.2) is 0 Å². The summed E-state index contributed by atoms with van der Waals surface area (Å²) < 4.78 is 10.1. The van der Waals surface area contributed by atoms with Crippen molar-refractivity contribution in [1.82, 2.24) is 0 Å². The van der Waals surface area contributed by atoms with E-state index < -0.39 is 6.10 Å². The Kier molecular flexibility index (Phi) is 1.94. The average molecular weight is 178 g/mol. The van der Waals surface area contributed by atoms with Crippen molar-refractivity contribution >= 4 is 0 Å². The minimum Gasteiger partial charge on any atom is -0.472 e. The highest BCUT2D eigenvalue weighted by Crippen LogP contribution is 2.23. The highest BCUT2D eigenvalue weighted by molar-refractivity contribution is 5.20. The molecule has 0 aliphatic carbocycles. The number of aryl methyl sites for hydroxylation is 1. The van der Waals surface area contributed by atoms with Crippen LogP contribution in [0.15, 0.2) is 39.6 Å². The molecule has 1 unspecified atom stereocenters. The zero-order valence-electron chi connectivity index (χ0n) is 7.23. The molecule has 3 nitrogen and oxygen atoms in total. The van der Waals surface area contributed by atoms with E-state index in [0.717, 1.165) is 5.76 Å². The molecule has 0 aliphatic heterocycles. The van der Waals surface area contributed by atoms with E-state index in [1.54, 1.807) is 12.1 Å². The summed E-state index contributed by atoms with van der Waals surface area (Å²) in [5.74, 6) is 1.33. The second kappa shape index (κ2) is 3.11. The third-order valence-electron chi connectivity index (χ3n) is 1.89. The molecule has 3 heteroatoms. The summed E-state index contributed by atoms with van der Waals surface area (Å²) >= 11 is 0. The van der Waals surface area contributed by atoms with Crippen LogP contribution >= 0.6 is 0 Å². The van der Waals surface area contributed by atoms with E-state index in [1.165, 1.54) is 12.5 Å². The maximum absolute atomic E-state index is 9.74.